The summed E-state index contributed by atoms with van der Waals surface area (Å²) < 4.78 is 10.4. The highest BCUT2D eigenvalue weighted by Gasteiger charge is 2.19. The summed E-state index contributed by atoms with van der Waals surface area (Å²) in [4.78, 5) is 14.6. The number of hydrogen-bond donors (Lipinski definition) is 1. The molecule has 17 heavy (non-hydrogen) atoms. The predicted molar refractivity (Wildman–Crippen MR) is 57.4 cm³/mol. The fourth-order valence-corrected chi connectivity index (χ4v) is 1.92. The molecular formula is C12H9NO4. The van der Waals surface area contributed by atoms with Crippen LogP contribution in [0, 0.1) is 0 Å². The predicted octanol–water partition coefficient (Wildman–Crippen LogP) is 2.07. The molecule has 0 unspecified atom stereocenters. The molecule has 0 bridgehead atoms. The summed E-state index contributed by atoms with van der Waals surface area (Å²) in [6, 6.07) is 5.63. The van der Waals surface area contributed by atoms with Crippen LogP contribution in [-0.4, -0.2) is 16.1 Å². The van der Waals surface area contributed by atoms with Crippen molar-refractivity contribution in [3.05, 3.63) is 41.4 Å². The standard InChI is InChI=1S/C12H9NO4/c14-12(15)10-11(17-6-13-10)7-1-2-8-4-16-5-9(8)3-7/h1-3,6H,4-5H2,(H,14,15). The number of hydrogen-bond acceptors (Lipinski definition) is 4. The van der Waals surface area contributed by atoms with Gasteiger partial charge in [-0.1, -0.05) is 12.1 Å². The van der Waals surface area contributed by atoms with Crippen molar-refractivity contribution in [2.45, 2.75) is 13.2 Å². The second kappa shape index (κ2) is 3.71. The number of carboxylic acid groups (broad SMARTS) is 1. The number of carboxylic acids is 1. The highest BCUT2D eigenvalue weighted by Crippen LogP contribution is 2.28. The number of nitrogens with zero attached hydrogens (tertiary/aromatic N) is 1. The van der Waals surface area contributed by atoms with Crippen molar-refractivity contribution in [2.75, 3.05) is 0 Å². The molecule has 0 radical (unpaired) electrons. The van der Waals surface area contributed by atoms with Gasteiger partial charge in [-0.2, -0.15) is 0 Å². The Balaban J connectivity index is 2.09. The lowest BCUT2D eigenvalue weighted by Gasteiger charge is -2.01. The van der Waals surface area contributed by atoms with Crippen molar-refractivity contribution >= 4 is 5.97 Å². The summed E-state index contributed by atoms with van der Waals surface area (Å²) in [6.45, 7) is 1.16. The molecule has 0 aliphatic carbocycles. The molecule has 1 N–H and O–H groups in total. The smallest absolute Gasteiger partial charge is 0.358 e. The van der Waals surface area contributed by atoms with Crippen molar-refractivity contribution in [1.29, 1.82) is 0 Å². The van der Waals surface area contributed by atoms with Gasteiger partial charge in [-0.3, -0.25) is 0 Å². The average molecular weight is 231 g/mol. The topological polar surface area (TPSA) is 72.6 Å². The second-order valence-electron chi connectivity index (χ2n) is 3.81. The minimum Gasteiger partial charge on any atom is -0.476 e. The van der Waals surface area contributed by atoms with E-state index in [4.69, 9.17) is 14.3 Å². The van der Waals surface area contributed by atoms with E-state index in [-0.39, 0.29) is 11.5 Å². The van der Waals surface area contributed by atoms with Crippen LogP contribution in [0.2, 0.25) is 0 Å². The Morgan fingerprint density at radius 2 is 2.12 bits per heavy atom. The fraction of sp³-hybridized carbons (Fsp3) is 0.167. The van der Waals surface area contributed by atoms with E-state index in [1.165, 1.54) is 0 Å². The Morgan fingerprint density at radius 1 is 1.29 bits per heavy atom. The second-order valence-corrected chi connectivity index (χ2v) is 3.81. The largest absolute Gasteiger partial charge is 0.476 e. The molecule has 1 aliphatic heterocycles. The van der Waals surface area contributed by atoms with Gasteiger partial charge in [0.2, 0.25) is 0 Å². The third-order valence-corrected chi connectivity index (χ3v) is 2.75. The number of benzene rings is 1. The van der Waals surface area contributed by atoms with E-state index >= 15 is 0 Å². The van der Waals surface area contributed by atoms with Gasteiger partial charge in [-0.25, -0.2) is 9.78 Å². The fourth-order valence-electron chi connectivity index (χ4n) is 1.92. The van der Waals surface area contributed by atoms with Crippen LogP contribution < -0.4 is 0 Å². The Bertz CT molecular complexity index is 588. The highest BCUT2D eigenvalue weighted by molar-refractivity contribution is 5.92. The molecule has 1 aliphatic rings. The van der Waals surface area contributed by atoms with Gasteiger partial charge >= 0.3 is 5.97 Å². The number of rotatable bonds is 2. The zero-order chi connectivity index (χ0) is 11.8. The lowest BCUT2D eigenvalue weighted by atomic mass is 10.0. The van der Waals surface area contributed by atoms with Crippen LogP contribution >= 0.6 is 0 Å². The summed E-state index contributed by atoms with van der Waals surface area (Å²) in [5, 5.41) is 8.96. The molecule has 0 saturated carbocycles. The third kappa shape index (κ3) is 1.60. The number of fused-ring (bicyclic) bond motifs is 1. The quantitative estimate of drug-likeness (QED) is 0.856. The maximum Gasteiger partial charge on any atom is 0.358 e. The first-order valence-corrected chi connectivity index (χ1v) is 5.12. The van der Waals surface area contributed by atoms with Crippen LogP contribution in [-0.2, 0) is 18.0 Å². The Kier molecular flexibility index (Phi) is 2.19. The molecule has 0 fully saturated rings. The first-order chi connectivity index (χ1) is 8.25. The van der Waals surface area contributed by atoms with E-state index in [1.54, 1.807) is 0 Å². The normalized spacial score (nSPS) is 13.6. The maximum absolute atomic E-state index is 10.9. The van der Waals surface area contributed by atoms with Crippen LogP contribution in [0.1, 0.15) is 21.6 Å². The maximum atomic E-state index is 10.9. The minimum absolute atomic E-state index is 0.0659. The van der Waals surface area contributed by atoms with Gasteiger partial charge in [0.1, 0.15) is 0 Å². The summed E-state index contributed by atoms with van der Waals surface area (Å²) in [6.07, 6.45) is 1.14. The zero-order valence-electron chi connectivity index (χ0n) is 8.84. The molecule has 1 aromatic heterocycles. The Labute approximate surface area is 96.7 Å². The van der Waals surface area contributed by atoms with Crippen molar-refractivity contribution in [3.63, 3.8) is 0 Å². The van der Waals surface area contributed by atoms with Crippen molar-refractivity contribution in [1.82, 2.24) is 4.98 Å². The summed E-state index contributed by atoms with van der Waals surface area (Å²) in [7, 11) is 0. The molecule has 0 saturated heterocycles. The molecule has 2 heterocycles. The monoisotopic (exact) mass is 231 g/mol. The van der Waals surface area contributed by atoms with E-state index in [0.717, 1.165) is 17.5 Å². The van der Waals surface area contributed by atoms with Crippen LogP contribution in [0.25, 0.3) is 11.3 Å². The van der Waals surface area contributed by atoms with Crippen molar-refractivity contribution in [2.24, 2.45) is 0 Å². The molecule has 5 nitrogen and oxygen atoms in total. The number of oxazole rings is 1. The lowest BCUT2D eigenvalue weighted by Crippen LogP contribution is -1.98. The van der Waals surface area contributed by atoms with Gasteiger partial charge in [0.15, 0.2) is 17.8 Å². The number of ether oxygens (including phenoxy) is 1. The van der Waals surface area contributed by atoms with Crippen LogP contribution in [0.15, 0.2) is 29.0 Å². The van der Waals surface area contributed by atoms with Crippen molar-refractivity contribution in [3.8, 4) is 11.3 Å². The summed E-state index contributed by atoms with van der Waals surface area (Å²) in [5.41, 5.74) is 2.84. The van der Waals surface area contributed by atoms with E-state index < -0.39 is 5.97 Å². The lowest BCUT2D eigenvalue weighted by molar-refractivity contribution is 0.0691. The van der Waals surface area contributed by atoms with E-state index in [1.807, 2.05) is 18.2 Å². The zero-order valence-corrected chi connectivity index (χ0v) is 8.84. The van der Waals surface area contributed by atoms with Gasteiger partial charge in [0.25, 0.3) is 0 Å². The summed E-state index contributed by atoms with van der Waals surface area (Å²) >= 11 is 0. The molecule has 0 spiro atoms. The molecule has 3 rings (SSSR count). The Hall–Kier alpha value is -2.14. The molecule has 1 aromatic carbocycles. The number of carbonyl (C=O) groups is 1. The number of aromatic nitrogens is 1. The summed E-state index contributed by atoms with van der Waals surface area (Å²) in [5.74, 6) is -0.808. The van der Waals surface area contributed by atoms with Crippen LogP contribution in [0.3, 0.4) is 0 Å². The first-order valence-electron chi connectivity index (χ1n) is 5.12. The van der Waals surface area contributed by atoms with Gasteiger partial charge in [0, 0.05) is 5.56 Å². The van der Waals surface area contributed by atoms with Crippen LogP contribution in [0.5, 0.6) is 0 Å². The van der Waals surface area contributed by atoms with Gasteiger partial charge in [0.05, 0.1) is 13.2 Å². The molecule has 0 atom stereocenters. The van der Waals surface area contributed by atoms with E-state index in [2.05, 4.69) is 4.98 Å². The van der Waals surface area contributed by atoms with Gasteiger partial charge in [-0.15, -0.1) is 0 Å². The molecule has 86 valence electrons. The number of aromatic carboxylic acids is 1. The SMILES string of the molecule is O=C(O)c1ncoc1-c1ccc2c(c1)COC2. The minimum atomic E-state index is -1.09. The molecule has 0 amide bonds. The van der Waals surface area contributed by atoms with Crippen molar-refractivity contribution < 1.29 is 19.1 Å². The van der Waals surface area contributed by atoms with Gasteiger partial charge in [-0.05, 0) is 17.2 Å². The van der Waals surface area contributed by atoms with Crippen LogP contribution in [0.4, 0.5) is 0 Å². The average Bonchev–Trinajstić information content (AvgIpc) is 2.96. The van der Waals surface area contributed by atoms with E-state index in [0.29, 0.717) is 18.8 Å². The Morgan fingerprint density at radius 3 is 2.94 bits per heavy atom. The van der Waals surface area contributed by atoms with Gasteiger partial charge < -0.3 is 14.3 Å². The molecular weight excluding hydrogens is 222 g/mol. The van der Waals surface area contributed by atoms with E-state index in [9.17, 15) is 4.79 Å². The molecule has 5 heteroatoms. The highest BCUT2D eigenvalue weighted by atomic mass is 16.5. The molecule has 2 aromatic rings. The first kappa shape index (κ1) is 10.0. The third-order valence-electron chi connectivity index (χ3n) is 2.75.